The van der Waals surface area contributed by atoms with E-state index in [4.69, 9.17) is 5.26 Å². The summed E-state index contributed by atoms with van der Waals surface area (Å²) < 4.78 is 4.63. The summed E-state index contributed by atoms with van der Waals surface area (Å²) in [7, 11) is 0. The van der Waals surface area contributed by atoms with Gasteiger partial charge in [0.1, 0.15) is 11.9 Å². The minimum absolute atomic E-state index is 0.183. The van der Waals surface area contributed by atoms with Gasteiger partial charge in [0.05, 0.1) is 10.9 Å². The van der Waals surface area contributed by atoms with Crippen LogP contribution < -0.4 is 5.56 Å². The Morgan fingerprint density at radius 1 is 1.40 bits per heavy atom. The van der Waals surface area contributed by atoms with E-state index in [0.717, 1.165) is 0 Å². The predicted octanol–water partition coefficient (Wildman–Crippen LogP) is 1.31. The van der Waals surface area contributed by atoms with Crippen molar-refractivity contribution in [3.05, 3.63) is 40.4 Å². The number of aromatic nitrogens is 2. The Hall–Kier alpha value is -2.68. The van der Waals surface area contributed by atoms with Gasteiger partial charge in [-0.3, -0.25) is 9.59 Å². The second-order valence-electron chi connectivity index (χ2n) is 4.20. The third-order valence-corrected chi connectivity index (χ3v) is 2.75. The third-order valence-electron chi connectivity index (χ3n) is 2.75. The van der Waals surface area contributed by atoms with E-state index in [1.165, 1.54) is 0 Å². The van der Waals surface area contributed by atoms with Crippen LogP contribution in [0.5, 0.6) is 0 Å². The molecule has 0 fully saturated rings. The first-order valence-electron chi connectivity index (χ1n) is 6.21. The fourth-order valence-corrected chi connectivity index (χ4v) is 1.84. The fourth-order valence-electron chi connectivity index (χ4n) is 1.84. The van der Waals surface area contributed by atoms with Crippen molar-refractivity contribution in [2.24, 2.45) is 0 Å². The average Bonchev–Trinajstić information content (AvgIpc) is 2.45. The summed E-state index contributed by atoms with van der Waals surface area (Å²) in [6, 6.07) is 8.82. The smallest absolute Gasteiger partial charge is 0.306 e. The number of nitrogens with zero attached hydrogens (tertiary/aromatic N) is 2. The van der Waals surface area contributed by atoms with Crippen LogP contribution in [0.25, 0.3) is 10.9 Å². The lowest BCUT2D eigenvalue weighted by Crippen LogP contribution is -2.12. The minimum atomic E-state index is -0.422. The molecule has 0 spiro atoms. The van der Waals surface area contributed by atoms with Crippen molar-refractivity contribution >= 4 is 16.9 Å². The van der Waals surface area contributed by atoms with Gasteiger partial charge in [-0.05, 0) is 18.6 Å². The number of carbonyl (C=O) groups excluding carboxylic acids is 1. The lowest BCUT2D eigenvalue weighted by Gasteiger charge is -2.03. The Bertz CT molecular complexity index is 715. The monoisotopic (exact) mass is 271 g/mol. The molecule has 0 atom stereocenters. The standard InChI is InChI=1S/C14H13N3O3/c15-8-9-20-13(18)7-3-6-12-16-11-5-2-1-4-10(11)14(19)17-12/h1-2,4-5H,3,6-7,9H2,(H,16,17,19). The lowest BCUT2D eigenvalue weighted by molar-refractivity contribution is -0.142. The molecular formula is C14H13N3O3. The van der Waals surface area contributed by atoms with Crippen LogP contribution in [0.15, 0.2) is 29.1 Å². The number of aryl methyl sites for hydroxylation is 1. The SMILES string of the molecule is N#CCOC(=O)CCCc1nc2ccccc2c(=O)[nH]1. The Morgan fingerprint density at radius 2 is 2.20 bits per heavy atom. The number of carbonyl (C=O) groups is 1. The van der Waals surface area contributed by atoms with Gasteiger partial charge in [0.25, 0.3) is 5.56 Å². The predicted molar refractivity (Wildman–Crippen MR) is 71.9 cm³/mol. The zero-order valence-electron chi connectivity index (χ0n) is 10.8. The second kappa shape index (κ2) is 6.48. The van der Waals surface area contributed by atoms with Crippen molar-refractivity contribution < 1.29 is 9.53 Å². The Balaban J connectivity index is 1.99. The third kappa shape index (κ3) is 3.42. The van der Waals surface area contributed by atoms with Crippen LogP contribution in [0.1, 0.15) is 18.7 Å². The topological polar surface area (TPSA) is 95.8 Å². The molecule has 6 heteroatoms. The maximum absolute atomic E-state index is 11.8. The number of hydrogen-bond acceptors (Lipinski definition) is 5. The van der Waals surface area contributed by atoms with E-state index in [2.05, 4.69) is 14.7 Å². The molecule has 0 aliphatic carbocycles. The van der Waals surface area contributed by atoms with Crippen LogP contribution in [0.3, 0.4) is 0 Å². The lowest BCUT2D eigenvalue weighted by atomic mass is 10.2. The van der Waals surface area contributed by atoms with E-state index < -0.39 is 5.97 Å². The summed E-state index contributed by atoms with van der Waals surface area (Å²) in [6.07, 6.45) is 1.17. The summed E-state index contributed by atoms with van der Waals surface area (Å²) >= 11 is 0. The number of aromatic amines is 1. The summed E-state index contributed by atoms with van der Waals surface area (Å²) in [6.45, 7) is -0.232. The van der Waals surface area contributed by atoms with E-state index in [-0.39, 0.29) is 18.6 Å². The fraction of sp³-hybridized carbons (Fsp3) is 0.286. The van der Waals surface area contributed by atoms with Gasteiger partial charge in [-0.1, -0.05) is 12.1 Å². The number of rotatable bonds is 5. The number of nitriles is 1. The highest BCUT2D eigenvalue weighted by Crippen LogP contribution is 2.07. The van der Waals surface area contributed by atoms with E-state index in [1.807, 2.05) is 6.07 Å². The highest BCUT2D eigenvalue weighted by atomic mass is 16.5. The van der Waals surface area contributed by atoms with Crippen molar-refractivity contribution in [2.75, 3.05) is 6.61 Å². The van der Waals surface area contributed by atoms with Gasteiger partial charge in [-0.25, -0.2) is 4.98 Å². The molecule has 0 unspecified atom stereocenters. The number of hydrogen-bond donors (Lipinski definition) is 1. The van der Waals surface area contributed by atoms with Gasteiger partial charge in [-0.2, -0.15) is 5.26 Å². The number of esters is 1. The molecule has 1 aromatic carbocycles. The molecule has 0 aliphatic heterocycles. The van der Waals surface area contributed by atoms with Crippen molar-refractivity contribution in [3.63, 3.8) is 0 Å². The van der Waals surface area contributed by atoms with Crippen molar-refractivity contribution in [3.8, 4) is 6.07 Å². The average molecular weight is 271 g/mol. The number of nitrogens with one attached hydrogen (secondary N) is 1. The normalized spacial score (nSPS) is 10.2. The summed E-state index contributed by atoms with van der Waals surface area (Å²) in [4.78, 5) is 30.1. The molecule has 2 aromatic rings. The van der Waals surface area contributed by atoms with Crippen LogP contribution in [-0.2, 0) is 16.0 Å². The molecular weight excluding hydrogens is 258 g/mol. The van der Waals surface area contributed by atoms with Crippen LogP contribution in [0, 0.1) is 11.3 Å². The van der Waals surface area contributed by atoms with Gasteiger partial charge in [0.2, 0.25) is 0 Å². The van der Waals surface area contributed by atoms with Crippen LogP contribution >= 0.6 is 0 Å². The maximum Gasteiger partial charge on any atom is 0.306 e. The quantitative estimate of drug-likeness (QED) is 0.827. The molecule has 6 nitrogen and oxygen atoms in total. The van der Waals surface area contributed by atoms with Crippen LogP contribution in [0.2, 0.25) is 0 Å². The molecule has 1 heterocycles. The van der Waals surface area contributed by atoms with Gasteiger partial charge < -0.3 is 9.72 Å². The second-order valence-corrected chi connectivity index (χ2v) is 4.20. The highest BCUT2D eigenvalue weighted by Gasteiger charge is 2.06. The van der Waals surface area contributed by atoms with Gasteiger partial charge in [0.15, 0.2) is 6.61 Å². The molecule has 0 saturated heterocycles. The molecule has 0 bridgehead atoms. The zero-order chi connectivity index (χ0) is 14.4. The molecule has 20 heavy (non-hydrogen) atoms. The Kier molecular flexibility index (Phi) is 4.45. The minimum Gasteiger partial charge on any atom is -0.450 e. The molecule has 102 valence electrons. The first-order valence-corrected chi connectivity index (χ1v) is 6.21. The summed E-state index contributed by atoms with van der Waals surface area (Å²) in [5.74, 6) is 0.122. The van der Waals surface area contributed by atoms with Crippen molar-refractivity contribution in [1.82, 2.24) is 9.97 Å². The van der Waals surface area contributed by atoms with Gasteiger partial charge in [0, 0.05) is 12.8 Å². The molecule has 1 aromatic heterocycles. The first-order chi connectivity index (χ1) is 9.70. The van der Waals surface area contributed by atoms with E-state index in [1.54, 1.807) is 24.3 Å². The number of para-hydroxylation sites is 1. The Morgan fingerprint density at radius 3 is 3.00 bits per heavy atom. The first kappa shape index (κ1) is 13.7. The molecule has 2 rings (SSSR count). The molecule has 1 N–H and O–H groups in total. The zero-order valence-corrected chi connectivity index (χ0v) is 10.8. The molecule has 0 saturated carbocycles. The van der Waals surface area contributed by atoms with Gasteiger partial charge in [-0.15, -0.1) is 0 Å². The maximum atomic E-state index is 11.8. The molecule has 0 radical (unpaired) electrons. The molecule has 0 amide bonds. The van der Waals surface area contributed by atoms with E-state index >= 15 is 0 Å². The number of ether oxygens (including phenoxy) is 1. The number of fused-ring (bicyclic) bond motifs is 1. The number of H-pyrrole nitrogens is 1. The molecule has 0 aliphatic rings. The number of benzene rings is 1. The summed E-state index contributed by atoms with van der Waals surface area (Å²) in [5, 5.41) is 8.82. The van der Waals surface area contributed by atoms with Crippen molar-refractivity contribution in [1.29, 1.82) is 5.26 Å². The van der Waals surface area contributed by atoms with Crippen LogP contribution in [-0.4, -0.2) is 22.5 Å². The summed E-state index contributed by atoms with van der Waals surface area (Å²) in [5.41, 5.74) is 0.455. The van der Waals surface area contributed by atoms with Crippen LogP contribution in [0.4, 0.5) is 0 Å². The van der Waals surface area contributed by atoms with E-state index in [9.17, 15) is 9.59 Å². The van der Waals surface area contributed by atoms with Crippen molar-refractivity contribution in [2.45, 2.75) is 19.3 Å². The highest BCUT2D eigenvalue weighted by molar-refractivity contribution is 5.77. The van der Waals surface area contributed by atoms with Gasteiger partial charge >= 0.3 is 5.97 Å². The largest absolute Gasteiger partial charge is 0.450 e. The Labute approximate surface area is 115 Å². The van der Waals surface area contributed by atoms with E-state index in [0.29, 0.717) is 29.6 Å².